The van der Waals surface area contributed by atoms with Crippen LogP contribution in [0.3, 0.4) is 0 Å². The lowest BCUT2D eigenvalue weighted by atomic mass is 9.99. The SMILES string of the molecule is CC(=O)N1CCC(Nc2nc(-c3ccccc3)cs2)c2ccc(F)cc2C1. The number of amides is 1. The molecule has 1 aliphatic rings. The molecule has 1 amide bonds. The summed E-state index contributed by atoms with van der Waals surface area (Å²) in [5.74, 6) is -0.273. The average molecular weight is 381 g/mol. The van der Waals surface area contributed by atoms with Crippen LogP contribution in [0.15, 0.2) is 53.9 Å². The molecule has 0 saturated carbocycles. The summed E-state index contributed by atoms with van der Waals surface area (Å²) in [6.45, 7) is 2.62. The Morgan fingerprint density at radius 3 is 2.85 bits per heavy atom. The molecule has 3 aromatic rings. The van der Waals surface area contributed by atoms with Crippen molar-refractivity contribution in [2.24, 2.45) is 0 Å². The third-order valence-electron chi connectivity index (χ3n) is 4.85. The molecule has 0 bridgehead atoms. The number of hydrogen-bond donors (Lipinski definition) is 1. The molecule has 0 spiro atoms. The van der Waals surface area contributed by atoms with Gasteiger partial charge in [-0.3, -0.25) is 4.79 Å². The number of carbonyl (C=O) groups excluding carboxylic acids is 1. The molecule has 138 valence electrons. The highest BCUT2D eigenvalue weighted by Crippen LogP contribution is 2.33. The molecule has 2 heterocycles. The standard InChI is InChI=1S/C21H20FN3OS/c1-14(26)25-10-9-19(18-8-7-17(22)11-16(18)12-25)23-21-24-20(13-27-21)15-5-3-2-4-6-15/h2-8,11,13,19H,9-10,12H2,1H3,(H,23,24). The number of rotatable bonds is 3. The quantitative estimate of drug-likeness (QED) is 0.705. The number of carbonyl (C=O) groups is 1. The Balaban J connectivity index is 1.61. The topological polar surface area (TPSA) is 45.2 Å². The molecular weight excluding hydrogens is 361 g/mol. The van der Waals surface area contributed by atoms with E-state index in [2.05, 4.69) is 5.32 Å². The molecular formula is C21H20FN3OS. The van der Waals surface area contributed by atoms with E-state index in [4.69, 9.17) is 4.98 Å². The summed E-state index contributed by atoms with van der Waals surface area (Å²) >= 11 is 1.55. The van der Waals surface area contributed by atoms with Crippen molar-refractivity contribution in [1.29, 1.82) is 0 Å². The van der Waals surface area contributed by atoms with Crippen LogP contribution in [-0.4, -0.2) is 22.3 Å². The molecule has 1 aromatic heterocycles. The minimum atomic E-state index is -0.279. The van der Waals surface area contributed by atoms with Gasteiger partial charge in [0.05, 0.1) is 11.7 Å². The fourth-order valence-corrected chi connectivity index (χ4v) is 4.20. The zero-order valence-corrected chi connectivity index (χ0v) is 15.8. The number of anilines is 1. The molecule has 1 N–H and O–H groups in total. The number of nitrogens with one attached hydrogen (secondary N) is 1. The fraction of sp³-hybridized carbons (Fsp3) is 0.238. The van der Waals surface area contributed by atoms with Gasteiger partial charge in [-0.1, -0.05) is 36.4 Å². The van der Waals surface area contributed by atoms with E-state index in [-0.39, 0.29) is 17.8 Å². The summed E-state index contributed by atoms with van der Waals surface area (Å²) in [5.41, 5.74) is 3.88. The van der Waals surface area contributed by atoms with Crippen LogP contribution in [0.25, 0.3) is 11.3 Å². The third kappa shape index (κ3) is 3.85. The second-order valence-corrected chi connectivity index (χ2v) is 7.53. The third-order valence-corrected chi connectivity index (χ3v) is 5.62. The molecule has 6 heteroatoms. The van der Waals surface area contributed by atoms with Gasteiger partial charge in [0.2, 0.25) is 5.91 Å². The van der Waals surface area contributed by atoms with E-state index in [1.54, 1.807) is 23.2 Å². The first kappa shape index (κ1) is 17.7. The predicted octanol–water partition coefficient (Wildman–Crippen LogP) is 4.85. The van der Waals surface area contributed by atoms with Crippen LogP contribution in [-0.2, 0) is 11.3 Å². The van der Waals surface area contributed by atoms with Crippen LogP contribution in [0.1, 0.15) is 30.5 Å². The van der Waals surface area contributed by atoms with Crippen molar-refractivity contribution < 1.29 is 9.18 Å². The van der Waals surface area contributed by atoms with Gasteiger partial charge in [0.1, 0.15) is 5.82 Å². The fourth-order valence-electron chi connectivity index (χ4n) is 3.43. The second kappa shape index (κ2) is 7.48. The van der Waals surface area contributed by atoms with Crippen molar-refractivity contribution in [2.45, 2.75) is 25.9 Å². The van der Waals surface area contributed by atoms with E-state index in [0.29, 0.717) is 13.1 Å². The van der Waals surface area contributed by atoms with Crippen molar-refractivity contribution in [3.8, 4) is 11.3 Å². The predicted molar refractivity (Wildman–Crippen MR) is 106 cm³/mol. The lowest BCUT2D eigenvalue weighted by molar-refractivity contribution is -0.129. The van der Waals surface area contributed by atoms with Gasteiger partial charge in [0, 0.05) is 31.0 Å². The minimum absolute atomic E-state index is 0.00599. The highest BCUT2D eigenvalue weighted by molar-refractivity contribution is 7.14. The molecule has 2 aromatic carbocycles. The summed E-state index contributed by atoms with van der Waals surface area (Å²) in [7, 11) is 0. The Bertz CT molecular complexity index is 957. The van der Waals surface area contributed by atoms with Crippen molar-refractivity contribution in [3.63, 3.8) is 0 Å². The van der Waals surface area contributed by atoms with E-state index in [0.717, 1.165) is 33.9 Å². The maximum atomic E-state index is 13.8. The minimum Gasteiger partial charge on any atom is -0.355 e. The van der Waals surface area contributed by atoms with Gasteiger partial charge in [0.25, 0.3) is 0 Å². The Labute approximate surface area is 161 Å². The highest BCUT2D eigenvalue weighted by atomic mass is 32.1. The first-order valence-electron chi connectivity index (χ1n) is 8.91. The molecule has 27 heavy (non-hydrogen) atoms. The zero-order chi connectivity index (χ0) is 18.8. The monoisotopic (exact) mass is 381 g/mol. The van der Waals surface area contributed by atoms with Gasteiger partial charge in [-0.05, 0) is 29.7 Å². The Kier molecular flexibility index (Phi) is 4.90. The lowest BCUT2D eigenvalue weighted by Gasteiger charge is -2.19. The molecule has 1 unspecified atom stereocenters. The molecule has 1 aliphatic heterocycles. The van der Waals surface area contributed by atoms with Crippen LogP contribution < -0.4 is 5.32 Å². The van der Waals surface area contributed by atoms with Crippen LogP contribution in [0, 0.1) is 5.82 Å². The maximum absolute atomic E-state index is 13.8. The first-order valence-corrected chi connectivity index (χ1v) is 9.79. The lowest BCUT2D eigenvalue weighted by Crippen LogP contribution is -2.28. The van der Waals surface area contributed by atoms with Gasteiger partial charge < -0.3 is 10.2 Å². The van der Waals surface area contributed by atoms with Gasteiger partial charge in [-0.2, -0.15) is 0 Å². The van der Waals surface area contributed by atoms with Crippen molar-refractivity contribution >= 4 is 22.4 Å². The molecule has 0 radical (unpaired) electrons. The first-order chi connectivity index (χ1) is 13.1. The molecule has 1 atom stereocenters. The highest BCUT2D eigenvalue weighted by Gasteiger charge is 2.24. The van der Waals surface area contributed by atoms with E-state index in [9.17, 15) is 9.18 Å². The van der Waals surface area contributed by atoms with E-state index in [1.807, 2.05) is 41.8 Å². The van der Waals surface area contributed by atoms with Crippen molar-refractivity contribution in [2.75, 3.05) is 11.9 Å². The van der Waals surface area contributed by atoms with E-state index >= 15 is 0 Å². The van der Waals surface area contributed by atoms with E-state index in [1.165, 1.54) is 12.1 Å². The Morgan fingerprint density at radius 2 is 2.07 bits per heavy atom. The van der Waals surface area contributed by atoms with Crippen LogP contribution in [0.5, 0.6) is 0 Å². The number of fused-ring (bicyclic) bond motifs is 1. The summed E-state index contributed by atoms with van der Waals surface area (Å²) in [6.07, 6.45) is 0.748. The van der Waals surface area contributed by atoms with E-state index < -0.39 is 0 Å². The molecule has 0 saturated heterocycles. The summed E-state index contributed by atoms with van der Waals surface area (Å²) in [5, 5.41) is 6.35. The number of halogens is 1. The van der Waals surface area contributed by atoms with Gasteiger partial charge >= 0.3 is 0 Å². The smallest absolute Gasteiger partial charge is 0.219 e. The summed E-state index contributed by atoms with van der Waals surface area (Å²) < 4.78 is 13.8. The number of benzene rings is 2. The van der Waals surface area contributed by atoms with Gasteiger partial charge in [-0.15, -0.1) is 11.3 Å². The van der Waals surface area contributed by atoms with Crippen LogP contribution >= 0.6 is 11.3 Å². The Morgan fingerprint density at radius 1 is 1.26 bits per heavy atom. The summed E-state index contributed by atoms with van der Waals surface area (Å²) in [4.78, 5) is 18.3. The number of thiazole rings is 1. The maximum Gasteiger partial charge on any atom is 0.219 e. The van der Waals surface area contributed by atoms with Crippen molar-refractivity contribution in [3.05, 3.63) is 70.9 Å². The molecule has 0 fully saturated rings. The molecule has 4 nitrogen and oxygen atoms in total. The van der Waals surface area contributed by atoms with Gasteiger partial charge in [0.15, 0.2) is 5.13 Å². The molecule has 4 rings (SSSR count). The van der Waals surface area contributed by atoms with Crippen LogP contribution in [0.2, 0.25) is 0 Å². The number of nitrogens with zero attached hydrogens (tertiary/aromatic N) is 2. The number of aromatic nitrogens is 1. The average Bonchev–Trinajstić information content (AvgIpc) is 3.05. The molecule has 0 aliphatic carbocycles. The van der Waals surface area contributed by atoms with Crippen molar-refractivity contribution in [1.82, 2.24) is 9.88 Å². The van der Waals surface area contributed by atoms with Gasteiger partial charge in [-0.25, -0.2) is 9.37 Å². The summed E-state index contributed by atoms with van der Waals surface area (Å²) in [6, 6.07) is 14.9. The largest absolute Gasteiger partial charge is 0.355 e. The zero-order valence-electron chi connectivity index (χ0n) is 15.0. The number of hydrogen-bond acceptors (Lipinski definition) is 4. The Hall–Kier alpha value is -2.73. The van der Waals surface area contributed by atoms with Crippen LogP contribution in [0.4, 0.5) is 9.52 Å². The normalized spacial score (nSPS) is 16.5. The second-order valence-electron chi connectivity index (χ2n) is 6.67.